The molecule has 0 aromatic heterocycles. The van der Waals surface area contributed by atoms with Crippen molar-refractivity contribution in [3.63, 3.8) is 0 Å². The quantitative estimate of drug-likeness (QED) is 0.762. The number of benzene rings is 1. The molecule has 0 amide bonds. The van der Waals surface area contributed by atoms with Gasteiger partial charge in [-0.15, -0.1) is 0 Å². The first-order chi connectivity index (χ1) is 10.4. The number of nitrogens with zero attached hydrogens (tertiary/aromatic N) is 1. The van der Waals surface area contributed by atoms with Crippen molar-refractivity contribution in [2.45, 2.75) is 6.10 Å². The number of carbonyl (C=O) groups excluding carboxylic acids is 1. The summed E-state index contributed by atoms with van der Waals surface area (Å²) in [5.41, 5.74) is 0.515. The van der Waals surface area contributed by atoms with Gasteiger partial charge in [-0.3, -0.25) is 4.72 Å². The zero-order valence-electron chi connectivity index (χ0n) is 12.5. The summed E-state index contributed by atoms with van der Waals surface area (Å²) in [7, 11) is 0.534. The van der Waals surface area contributed by atoms with Crippen LogP contribution in [0.5, 0.6) is 5.75 Å². The van der Waals surface area contributed by atoms with Crippen molar-refractivity contribution in [2.75, 3.05) is 39.1 Å². The van der Waals surface area contributed by atoms with Crippen LogP contribution in [0.4, 0.5) is 5.69 Å². The predicted molar refractivity (Wildman–Crippen MR) is 79.2 cm³/mol. The maximum Gasteiger partial charge on any atom is 0.341 e. The molecule has 1 aromatic carbocycles. The zero-order valence-corrected chi connectivity index (χ0v) is 13.3. The molecule has 9 heteroatoms. The topological polar surface area (TPSA) is 94.2 Å². The number of carbonyl (C=O) groups is 1. The van der Waals surface area contributed by atoms with Crippen LogP contribution in [-0.4, -0.2) is 59.2 Å². The fraction of sp³-hybridized carbons (Fsp3) is 0.462. The van der Waals surface area contributed by atoms with Crippen molar-refractivity contribution < 1.29 is 27.4 Å². The van der Waals surface area contributed by atoms with Gasteiger partial charge in [0.1, 0.15) is 11.3 Å². The molecule has 1 N–H and O–H groups in total. The van der Waals surface area contributed by atoms with E-state index in [0.29, 0.717) is 18.8 Å². The number of anilines is 1. The third kappa shape index (κ3) is 3.32. The normalized spacial score (nSPS) is 16.0. The Morgan fingerprint density at radius 2 is 1.95 bits per heavy atom. The zero-order chi connectivity index (χ0) is 16.3. The first-order valence-electron chi connectivity index (χ1n) is 6.48. The number of ether oxygens (including phenoxy) is 3. The molecule has 0 aliphatic carbocycles. The SMILES string of the molecule is COC(=O)c1ccc(NS(=O)(=O)N2CC(OC)C2)cc1OC. The number of nitrogens with one attached hydrogen (secondary N) is 1. The molecule has 1 heterocycles. The van der Waals surface area contributed by atoms with Gasteiger partial charge in [0, 0.05) is 26.3 Å². The molecule has 2 rings (SSSR count). The van der Waals surface area contributed by atoms with Gasteiger partial charge in [-0.05, 0) is 12.1 Å². The second-order valence-corrected chi connectivity index (χ2v) is 6.36. The van der Waals surface area contributed by atoms with E-state index in [9.17, 15) is 13.2 Å². The Morgan fingerprint density at radius 3 is 2.50 bits per heavy atom. The van der Waals surface area contributed by atoms with Crippen LogP contribution in [0.3, 0.4) is 0 Å². The number of hydrogen-bond donors (Lipinski definition) is 1. The molecule has 0 spiro atoms. The number of esters is 1. The smallest absolute Gasteiger partial charge is 0.341 e. The van der Waals surface area contributed by atoms with E-state index >= 15 is 0 Å². The lowest BCUT2D eigenvalue weighted by molar-refractivity contribution is 0.0128. The molecule has 8 nitrogen and oxygen atoms in total. The van der Waals surface area contributed by atoms with Crippen LogP contribution in [-0.2, 0) is 19.7 Å². The van der Waals surface area contributed by atoms with Crippen LogP contribution in [0.25, 0.3) is 0 Å². The van der Waals surface area contributed by atoms with Gasteiger partial charge in [-0.2, -0.15) is 12.7 Å². The van der Waals surface area contributed by atoms with E-state index in [2.05, 4.69) is 9.46 Å². The minimum Gasteiger partial charge on any atom is -0.496 e. The van der Waals surface area contributed by atoms with E-state index in [0.717, 1.165) is 0 Å². The Morgan fingerprint density at radius 1 is 1.27 bits per heavy atom. The molecule has 1 fully saturated rings. The van der Waals surface area contributed by atoms with Crippen LogP contribution < -0.4 is 9.46 Å². The molecule has 1 aromatic rings. The van der Waals surface area contributed by atoms with Gasteiger partial charge in [-0.1, -0.05) is 0 Å². The molecule has 0 radical (unpaired) electrons. The molecule has 0 unspecified atom stereocenters. The van der Waals surface area contributed by atoms with Crippen LogP contribution in [0.2, 0.25) is 0 Å². The van der Waals surface area contributed by atoms with Crippen molar-refractivity contribution in [1.82, 2.24) is 4.31 Å². The molecule has 0 bridgehead atoms. The van der Waals surface area contributed by atoms with Crippen LogP contribution >= 0.6 is 0 Å². The van der Waals surface area contributed by atoms with Gasteiger partial charge in [0.15, 0.2) is 0 Å². The lowest BCUT2D eigenvalue weighted by atomic mass is 10.2. The minimum atomic E-state index is -3.65. The molecule has 1 aliphatic rings. The molecule has 0 saturated carbocycles. The van der Waals surface area contributed by atoms with E-state index < -0.39 is 16.2 Å². The van der Waals surface area contributed by atoms with Gasteiger partial charge in [0.2, 0.25) is 0 Å². The minimum absolute atomic E-state index is 0.0761. The maximum atomic E-state index is 12.1. The predicted octanol–water partition coefficient (Wildman–Crippen LogP) is 0.469. The fourth-order valence-corrected chi connectivity index (χ4v) is 3.27. The van der Waals surface area contributed by atoms with E-state index in [1.165, 1.54) is 36.7 Å². The average Bonchev–Trinajstić information content (AvgIpc) is 2.44. The van der Waals surface area contributed by atoms with Crippen molar-refractivity contribution >= 4 is 21.9 Å². The van der Waals surface area contributed by atoms with Crippen LogP contribution in [0.15, 0.2) is 18.2 Å². The highest BCUT2D eigenvalue weighted by atomic mass is 32.2. The van der Waals surface area contributed by atoms with E-state index in [-0.39, 0.29) is 17.4 Å². The lowest BCUT2D eigenvalue weighted by Crippen LogP contribution is -2.55. The molecule has 122 valence electrons. The molecule has 22 heavy (non-hydrogen) atoms. The Balaban J connectivity index is 2.15. The lowest BCUT2D eigenvalue weighted by Gasteiger charge is -2.36. The summed E-state index contributed by atoms with van der Waals surface area (Å²) in [6.45, 7) is 0.617. The molecular formula is C13H18N2O6S. The Kier molecular flexibility index (Phi) is 4.89. The van der Waals surface area contributed by atoms with Crippen LogP contribution in [0.1, 0.15) is 10.4 Å². The average molecular weight is 330 g/mol. The van der Waals surface area contributed by atoms with E-state index in [1.54, 1.807) is 7.11 Å². The first-order valence-corrected chi connectivity index (χ1v) is 7.92. The Bertz CT molecular complexity index is 654. The van der Waals surface area contributed by atoms with Gasteiger partial charge >= 0.3 is 16.2 Å². The highest BCUT2D eigenvalue weighted by molar-refractivity contribution is 7.90. The summed E-state index contributed by atoms with van der Waals surface area (Å²) in [5, 5.41) is 0. The highest BCUT2D eigenvalue weighted by Gasteiger charge is 2.35. The first kappa shape index (κ1) is 16.5. The van der Waals surface area contributed by atoms with Crippen molar-refractivity contribution in [1.29, 1.82) is 0 Å². The van der Waals surface area contributed by atoms with Gasteiger partial charge in [-0.25, -0.2) is 4.79 Å². The van der Waals surface area contributed by atoms with Crippen molar-refractivity contribution in [2.24, 2.45) is 0 Å². The molecule has 0 atom stereocenters. The summed E-state index contributed by atoms with van der Waals surface area (Å²) in [6.07, 6.45) is -0.0761. The second kappa shape index (κ2) is 6.51. The summed E-state index contributed by atoms with van der Waals surface area (Å²) in [4.78, 5) is 11.6. The number of hydrogen-bond acceptors (Lipinski definition) is 6. The van der Waals surface area contributed by atoms with E-state index in [4.69, 9.17) is 9.47 Å². The second-order valence-electron chi connectivity index (χ2n) is 4.69. The third-order valence-electron chi connectivity index (χ3n) is 3.34. The monoisotopic (exact) mass is 330 g/mol. The largest absolute Gasteiger partial charge is 0.496 e. The summed E-state index contributed by atoms with van der Waals surface area (Å²) in [5.74, 6) is -0.331. The maximum absolute atomic E-state index is 12.1. The van der Waals surface area contributed by atoms with Gasteiger partial charge in [0.05, 0.1) is 26.0 Å². The Hall–Kier alpha value is -1.84. The third-order valence-corrected chi connectivity index (χ3v) is 4.81. The summed E-state index contributed by atoms with van der Waals surface area (Å²) >= 11 is 0. The highest BCUT2D eigenvalue weighted by Crippen LogP contribution is 2.26. The Labute approximate surface area is 129 Å². The van der Waals surface area contributed by atoms with Crippen molar-refractivity contribution in [3.05, 3.63) is 23.8 Å². The van der Waals surface area contributed by atoms with Gasteiger partial charge in [0.25, 0.3) is 0 Å². The van der Waals surface area contributed by atoms with E-state index in [1.807, 2.05) is 0 Å². The van der Waals surface area contributed by atoms with Crippen molar-refractivity contribution in [3.8, 4) is 5.75 Å². The molecular weight excluding hydrogens is 312 g/mol. The number of methoxy groups -OCH3 is 3. The number of rotatable bonds is 6. The molecule has 1 aliphatic heterocycles. The molecule has 1 saturated heterocycles. The standard InChI is InChI=1S/C13H18N2O6S/c1-19-10-7-15(8-10)22(17,18)14-9-4-5-11(13(16)21-3)12(6-9)20-2/h4-6,10,14H,7-8H2,1-3H3. The summed E-state index contributed by atoms with van der Waals surface area (Å²) in [6, 6.07) is 4.34. The summed E-state index contributed by atoms with van der Waals surface area (Å²) < 4.78 is 42.8. The fourth-order valence-electron chi connectivity index (χ4n) is 1.99. The van der Waals surface area contributed by atoms with Crippen LogP contribution in [0, 0.1) is 0 Å². The van der Waals surface area contributed by atoms with Gasteiger partial charge < -0.3 is 14.2 Å².